The zero-order chi connectivity index (χ0) is 28.3. The van der Waals surface area contributed by atoms with Crippen molar-refractivity contribution in [3.8, 4) is 5.75 Å². The van der Waals surface area contributed by atoms with Crippen LogP contribution in [0.15, 0.2) is 30.3 Å². The van der Waals surface area contributed by atoms with Crippen LogP contribution in [0.5, 0.6) is 5.75 Å². The number of likely N-dealkylation sites (tertiary alicyclic amines) is 1. The molecule has 5 N–H and O–H groups in total. The van der Waals surface area contributed by atoms with E-state index in [2.05, 4.69) is 28.2 Å². The van der Waals surface area contributed by atoms with Gasteiger partial charge in [-0.25, -0.2) is 4.79 Å². The molecule has 1 aliphatic heterocycles. The molecule has 1 fully saturated rings. The van der Waals surface area contributed by atoms with E-state index >= 15 is 0 Å². The van der Waals surface area contributed by atoms with Gasteiger partial charge in [-0.15, -0.1) is 0 Å². The fraction of sp³-hybridized carbons (Fsp3) is 0.480. The van der Waals surface area contributed by atoms with E-state index in [9.17, 15) is 19.2 Å². The summed E-state index contributed by atoms with van der Waals surface area (Å²) in [6.45, 7) is 5.49. The number of aliphatic carboxylic acids is 3. The molecular formula is C25H34N4O9. The van der Waals surface area contributed by atoms with Gasteiger partial charge >= 0.3 is 17.9 Å². The third-order valence-electron chi connectivity index (χ3n) is 5.67. The van der Waals surface area contributed by atoms with Crippen molar-refractivity contribution in [1.82, 2.24) is 20.0 Å². The lowest BCUT2D eigenvalue weighted by Crippen LogP contribution is -2.42. The zero-order valence-electron chi connectivity index (χ0n) is 21.4. The SMILES string of the molecule is Cc1cc(CN(C)Cc2ccc(OCC(=O)N3CCCC3)cc2)n[nH]1.O=C(O)CC(O)(CC(=O)O)C(=O)O. The molecule has 1 aliphatic rings. The van der Waals surface area contributed by atoms with Crippen LogP contribution in [0.3, 0.4) is 0 Å². The molecule has 0 spiro atoms. The van der Waals surface area contributed by atoms with E-state index in [-0.39, 0.29) is 12.5 Å². The Morgan fingerprint density at radius 2 is 1.61 bits per heavy atom. The average molecular weight is 535 g/mol. The van der Waals surface area contributed by atoms with E-state index in [4.69, 9.17) is 25.2 Å². The first-order valence-corrected chi connectivity index (χ1v) is 12.0. The molecule has 1 aromatic heterocycles. The molecule has 1 amide bonds. The summed E-state index contributed by atoms with van der Waals surface area (Å²) in [5.74, 6) is -4.20. The van der Waals surface area contributed by atoms with Crippen molar-refractivity contribution >= 4 is 23.8 Å². The lowest BCUT2D eigenvalue weighted by molar-refractivity contribution is -0.170. The molecule has 0 aliphatic carbocycles. The minimum atomic E-state index is -2.74. The molecule has 1 aromatic carbocycles. The van der Waals surface area contributed by atoms with Gasteiger partial charge in [-0.1, -0.05) is 12.1 Å². The quantitative estimate of drug-likeness (QED) is 0.262. The second-order valence-corrected chi connectivity index (χ2v) is 9.21. The van der Waals surface area contributed by atoms with E-state index in [0.717, 1.165) is 56.2 Å². The molecule has 38 heavy (non-hydrogen) atoms. The summed E-state index contributed by atoms with van der Waals surface area (Å²) in [6.07, 6.45) is -0.0825. The number of carboxylic acid groups (broad SMARTS) is 3. The maximum absolute atomic E-state index is 12.0. The Morgan fingerprint density at radius 3 is 2.08 bits per heavy atom. The Hall–Kier alpha value is -3.97. The van der Waals surface area contributed by atoms with Crippen LogP contribution in [0.1, 0.15) is 42.6 Å². The second-order valence-electron chi connectivity index (χ2n) is 9.21. The van der Waals surface area contributed by atoms with E-state index in [1.54, 1.807) is 0 Å². The van der Waals surface area contributed by atoms with Crippen LogP contribution in [0.4, 0.5) is 0 Å². The van der Waals surface area contributed by atoms with E-state index < -0.39 is 36.4 Å². The maximum atomic E-state index is 12.0. The summed E-state index contributed by atoms with van der Waals surface area (Å²) < 4.78 is 5.62. The molecule has 2 heterocycles. The van der Waals surface area contributed by atoms with Crippen LogP contribution >= 0.6 is 0 Å². The number of aliphatic hydroxyl groups is 1. The Kier molecular flexibility index (Phi) is 11.2. The van der Waals surface area contributed by atoms with Crippen LogP contribution < -0.4 is 4.74 Å². The number of H-pyrrole nitrogens is 1. The predicted octanol–water partition coefficient (Wildman–Crippen LogP) is 1.10. The number of carboxylic acids is 3. The van der Waals surface area contributed by atoms with E-state index in [1.807, 2.05) is 36.1 Å². The van der Waals surface area contributed by atoms with Crippen molar-refractivity contribution in [2.45, 2.75) is 51.3 Å². The van der Waals surface area contributed by atoms with E-state index in [1.165, 1.54) is 5.56 Å². The first-order chi connectivity index (χ1) is 17.9. The highest BCUT2D eigenvalue weighted by Crippen LogP contribution is 2.16. The number of aromatic amines is 1. The fourth-order valence-electron chi connectivity index (χ4n) is 3.81. The van der Waals surface area contributed by atoms with Crippen molar-refractivity contribution in [3.63, 3.8) is 0 Å². The number of nitrogens with zero attached hydrogens (tertiary/aromatic N) is 3. The number of aromatic nitrogens is 2. The average Bonchev–Trinajstić information content (AvgIpc) is 3.50. The van der Waals surface area contributed by atoms with Crippen LogP contribution in [0, 0.1) is 6.92 Å². The molecule has 0 bridgehead atoms. The van der Waals surface area contributed by atoms with Gasteiger partial charge in [0, 0.05) is 31.9 Å². The first kappa shape index (κ1) is 30.3. The van der Waals surface area contributed by atoms with Crippen molar-refractivity contribution in [1.29, 1.82) is 0 Å². The first-order valence-electron chi connectivity index (χ1n) is 12.0. The van der Waals surface area contributed by atoms with E-state index in [0.29, 0.717) is 0 Å². The van der Waals surface area contributed by atoms with Gasteiger partial charge in [0.15, 0.2) is 12.2 Å². The minimum Gasteiger partial charge on any atom is -0.484 e. The number of carbonyl (C=O) groups is 4. The molecule has 13 heteroatoms. The van der Waals surface area contributed by atoms with Crippen molar-refractivity contribution in [3.05, 3.63) is 47.3 Å². The van der Waals surface area contributed by atoms with Gasteiger partial charge in [0.2, 0.25) is 0 Å². The van der Waals surface area contributed by atoms with Crippen LogP contribution in [0.2, 0.25) is 0 Å². The number of hydrogen-bond donors (Lipinski definition) is 5. The smallest absolute Gasteiger partial charge is 0.336 e. The third kappa shape index (κ3) is 10.2. The van der Waals surface area contributed by atoms with Gasteiger partial charge in [-0.3, -0.25) is 24.4 Å². The number of carbonyl (C=O) groups excluding carboxylic acids is 1. The summed E-state index contributed by atoms with van der Waals surface area (Å²) in [7, 11) is 2.07. The summed E-state index contributed by atoms with van der Waals surface area (Å²) >= 11 is 0. The molecule has 0 saturated carbocycles. The highest BCUT2D eigenvalue weighted by atomic mass is 16.5. The number of benzene rings is 1. The lowest BCUT2D eigenvalue weighted by atomic mass is 9.96. The number of hydrogen-bond acceptors (Lipinski definition) is 8. The molecule has 1 saturated heterocycles. The van der Waals surface area contributed by atoms with Crippen molar-refractivity contribution < 1.29 is 44.3 Å². The molecule has 208 valence electrons. The fourth-order valence-corrected chi connectivity index (χ4v) is 3.81. The van der Waals surface area contributed by atoms with Gasteiger partial charge in [-0.2, -0.15) is 5.10 Å². The molecule has 3 rings (SSSR count). The topological polar surface area (TPSA) is 194 Å². The molecule has 0 radical (unpaired) electrons. The van der Waals surface area contributed by atoms with Gasteiger partial charge in [0.25, 0.3) is 5.91 Å². The molecule has 0 unspecified atom stereocenters. The number of ether oxygens (including phenoxy) is 1. The van der Waals surface area contributed by atoms with Crippen LogP contribution in [-0.4, -0.2) is 96.6 Å². The third-order valence-corrected chi connectivity index (χ3v) is 5.67. The number of nitrogens with one attached hydrogen (secondary N) is 1. The molecule has 2 aromatic rings. The Morgan fingerprint density at radius 1 is 1.03 bits per heavy atom. The monoisotopic (exact) mass is 534 g/mol. The van der Waals surface area contributed by atoms with Gasteiger partial charge in [0.1, 0.15) is 5.75 Å². The van der Waals surface area contributed by atoms with Gasteiger partial charge < -0.3 is 30.1 Å². The summed E-state index contributed by atoms with van der Waals surface area (Å²) in [5.41, 5.74) is 0.583. The zero-order valence-corrected chi connectivity index (χ0v) is 21.4. The Balaban J connectivity index is 0.000000332. The van der Waals surface area contributed by atoms with Gasteiger partial charge in [-0.05, 0) is 50.6 Å². The normalized spacial score (nSPS) is 13.1. The van der Waals surface area contributed by atoms with Gasteiger partial charge in [0.05, 0.1) is 18.5 Å². The highest BCUT2D eigenvalue weighted by Gasteiger charge is 2.40. The highest BCUT2D eigenvalue weighted by molar-refractivity contribution is 5.88. The summed E-state index contributed by atoms with van der Waals surface area (Å²) in [5, 5.41) is 41.0. The Bertz CT molecular complexity index is 1080. The molecule has 0 atom stereocenters. The van der Waals surface area contributed by atoms with Crippen LogP contribution in [0.25, 0.3) is 0 Å². The number of rotatable bonds is 12. The lowest BCUT2D eigenvalue weighted by Gasteiger charge is -2.18. The maximum Gasteiger partial charge on any atom is 0.336 e. The predicted molar refractivity (Wildman–Crippen MR) is 133 cm³/mol. The largest absolute Gasteiger partial charge is 0.484 e. The number of aryl methyl sites for hydroxylation is 1. The minimum absolute atomic E-state index is 0.0793. The molecule has 13 nitrogen and oxygen atoms in total. The Labute approximate surface area is 219 Å². The van der Waals surface area contributed by atoms with Crippen LogP contribution in [-0.2, 0) is 32.3 Å². The summed E-state index contributed by atoms with van der Waals surface area (Å²) in [6, 6.07) is 10.0. The standard InChI is InChI=1S/C19H26N4O2.C6H8O7/c1-15-11-17(21-20-15)13-22(2)12-16-5-7-18(8-6-16)25-14-19(24)23-9-3-4-10-23;7-3(8)1-6(13,5(11)12)2-4(9)10/h5-8,11H,3-4,9-10,12-14H2,1-2H3,(H,20,21);13H,1-2H2,(H,7,8)(H,9,10)(H,11,12). The van der Waals surface area contributed by atoms with Crippen molar-refractivity contribution in [2.75, 3.05) is 26.7 Å². The molecular weight excluding hydrogens is 500 g/mol. The summed E-state index contributed by atoms with van der Waals surface area (Å²) in [4.78, 5) is 46.6. The number of amides is 1. The second kappa shape index (κ2) is 14.1. The van der Waals surface area contributed by atoms with Crippen molar-refractivity contribution in [2.24, 2.45) is 0 Å².